The van der Waals surface area contributed by atoms with Crippen molar-refractivity contribution in [3.05, 3.63) is 89.7 Å². The fourth-order valence-electron chi connectivity index (χ4n) is 2.71. The highest BCUT2D eigenvalue weighted by Gasteiger charge is 2.14. The number of hydrogen-bond donors (Lipinski definition) is 3. The number of benzene rings is 2. The molecule has 0 saturated carbocycles. The quantitative estimate of drug-likeness (QED) is 0.449. The van der Waals surface area contributed by atoms with Gasteiger partial charge in [0.25, 0.3) is 0 Å². The zero-order valence-electron chi connectivity index (χ0n) is 17.2. The Labute approximate surface area is 185 Å². The lowest BCUT2D eigenvalue weighted by molar-refractivity contribution is 0.0600. The standard InChI is InChI=1S/C22H22N4O5S/c1-31-21(27)18-4-2-16(3-5-18)15-25-32(29,30)20-8-6-19(7-9-20)26-22(28)24-14-17-10-12-23-13-11-17/h2-13,25H,14-15H2,1H3,(H2,24,26,28). The molecule has 2 aromatic carbocycles. The van der Waals surface area contributed by atoms with Crippen LogP contribution < -0.4 is 15.4 Å². The van der Waals surface area contributed by atoms with Crippen LogP contribution >= 0.6 is 0 Å². The third-order valence-electron chi connectivity index (χ3n) is 4.47. The maximum Gasteiger partial charge on any atom is 0.337 e. The van der Waals surface area contributed by atoms with E-state index in [1.165, 1.54) is 31.4 Å². The number of nitrogens with one attached hydrogen (secondary N) is 3. The van der Waals surface area contributed by atoms with Gasteiger partial charge in [-0.15, -0.1) is 0 Å². The van der Waals surface area contributed by atoms with Gasteiger partial charge in [-0.1, -0.05) is 12.1 Å². The average molecular weight is 455 g/mol. The van der Waals surface area contributed by atoms with Crippen molar-refractivity contribution < 1.29 is 22.7 Å². The molecule has 1 heterocycles. The summed E-state index contributed by atoms with van der Waals surface area (Å²) in [7, 11) is -2.47. The molecule has 0 aliphatic carbocycles. The molecule has 2 amide bonds. The number of urea groups is 1. The van der Waals surface area contributed by atoms with Gasteiger partial charge in [0.05, 0.1) is 17.6 Å². The Bertz CT molecular complexity index is 1170. The Morgan fingerprint density at radius 2 is 1.50 bits per heavy atom. The molecule has 3 aromatic rings. The van der Waals surface area contributed by atoms with E-state index in [2.05, 4.69) is 25.1 Å². The van der Waals surface area contributed by atoms with Gasteiger partial charge >= 0.3 is 12.0 Å². The largest absolute Gasteiger partial charge is 0.465 e. The minimum absolute atomic E-state index is 0.0567. The van der Waals surface area contributed by atoms with E-state index >= 15 is 0 Å². The Kier molecular flexibility index (Phi) is 7.53. The van der Waals surface area contributed by atoms with E-state index < -0.39 is 22.0 Å². The van der Waals surface area contributed by atoms with Crippen molar-refractivity contribution in [2.45, 2.75) is 18.0 Å². The zero-order valence-corrected chi connectivity index (χ0v) is 18.1. The molecule has 0 bridgehead atoms. The third kappa shape index (κ3) is 6.37. The maximum atomic E-state index is 12.5. The molecule has 166 valence electrons. The molecule has 0 aliphatic heterocycles. The molecule has 0 saturated heterocycles. The minimum Gasteiger partial charge on any atom is -0.465 e. The molecular formula is C22H22N4O5S. The second-order valence-electron chi connectivity index (χ2n) is 6.70. The summed E-state index contributed by atoms with van der Waals surface area (Å²) >= 11 is 0. The van der Waals surface area contributed by atoms with Crippen molar-refractivity contribution in [3.63, 3.8) is 0 Å². The van der Waals surface area contributed by atoms with Crippen LogP contribution in [0.2, 0.25) is 0 Å². The second kappa shape index (κ2) is 10.5. The number of hydrogen-bond acceptors (Lipinski definition) is 6. The Morgan fingerprint density at radius 3 is 2.12 bits per heavy atom. The predicted molar refractivity (Wildman–Crippen MR) is 118 cm³/mol. The normalized spacial score (nSPS) is 10.9. The van der Waals surface area contributed by atoms with Crippen molar-refractivity contribution in [1.82, 2.24) is 15.0 Å². The Balaban J connectivity index is 1.53. The van der Waals surface area contributed by atoms with Crippen molar-refractivity contribution in [2.24, 2.45) is 0 Å². The van der Waals surface area contributed by atoms with E-state index in [0.29, 0.717) is 23.4 Å². The van der Waals surface area contributed by atoms with Gasteiger partial charge in [0.1, 0.15) is 0 Å². The number of anilines is 1. The first kappa shape index (κ1) is 22.9. The highest BCUT2D eigenvalue weighted by molar-refractivity contribution is 7.89. The van der Waals surface area contributed by atoms with Crippen molar-refractivity contribution >= 4 is 27.7 Å². The number of carbonyl (C=O) groups excluding carboxylic acids is 2. The minimum atomic E-state index is -3.76. The van der Waals surface area contributed by atoms with E-state index in [4.69, 9.17) is 0 Å². The number of carbonyl (C=O) groups is 2. The number of methoxy groups -OCH3 is 1. The summed E-state index contributed by atoms with van der Waals surface area (Å²) in [5.41, 5.74) is 2.43. The highest BCUT2D eigenvalue weighted by atomic mass is 32.2. The number of aromatic nitrogens is 1. The SMILES string of the molecule is COC(=O)c1ccc(CNS(=O)(=O)c2ccc(NC(=O)NCc3ccncc3)cc2)cc1. The molecule has 0 unspecified atom stereocenters. The molecule has 32 heavy (non-hydrogen) atoms. The summed E-state index contributed by atoms with van der Waals surface area (Å²) < 4.78 is 32.2. The number of pyridine rings is 1. The molecular weight excluding hydrogens is 432 g/mol. The molecule has 0 atom stereocenters. The van der Waals surface area contributed by atoms with Crippen LogP contribution in [0.1, 0.15) is 21.5 Å². The van der Waals surface area contributed by atoms with E-state index in [0.717, 1.165) is 5.56 Å². The van der Waals surface area contributed by atoms with E-state index in [9.17, 15) is 18.0 Å². The van der Waals surface area contributed by atoms with Crippen LogP contribution in [0.5, 0.6) is 0 Å². The summed E-state index contributed by atoms with van der Waals surface area (Å²) in [5, 5.41) is 5.36. The summed E-state index contributed by atoms with van der Waals surface area (Å²) in [4.78, 5) is 27.4. The monoisotopic (exact) mass is 454 g/mol. The smallest absolute Gasteiger partial charge is 0.337 e. The molecule has 1 aromatic heterocycles. The van der Waals surface area contributed by atoms with Gasteiger partial charge in [0.15, 0.2) is 0 Å². The van der Waals surface area contributed by atoms with Crippen molar-refractivity contribution in [3.8, 4) is 0 Å². The van der Waals surface area contributed by atoms with Crippen LogP contribution in [-0.2, 0) is 27.8 Å². The lowest BCUT2D eigenvalue weighted by atomic mass is 10.1. The lowest BCUT2D eigenvalue weighted by Crippen LogP contribution is -2.28. The molecule has 0 radical (unpaired) electrons. The second-order valence-corrected chi connectivity index (χ2v) is 8.47. The van der Waals surface area contributed by atoms with Gasteiger partial charge < -0.3 is 15.4 Å². The molecule has 0 spiro atoms. The molecule has 9 nitrogen and oxygen atoms in total. The van der Waals surface area contributed by atoms with Gasteiger partial charge in [-0.2, -0.15) is 0 Å². The summed E-state index contributed by atoms with van der Waals surface area (Å²) in [5.74, 6) is -0.461. The van der Waals surface area contributed by atoms with Gasteiger partial charge in [0.2, 0.25) is 10.0 Å². The molecule has 3 rings (SSSR count). The number of sulfonamides is 1. The lowest BCUT2D eigenvalue weighted by Gasteiger charge is -2.10. The topological polar surface area (TPSA) is 126 Å². The van der Waals surface area contributed by atoms with E-state index in [-0.39, 0.29) is 11.4 Å². The van der Waals surface area contributed by atoms with Crippen molar-refractivity contribution in [1.29, 1.82) is 0 Å². The van der Waals surface area contributed by atoms with Gasteiger partial charge in [-0.05, 0) is 59.7 Å². The number of amides is 2. The van der Waals surface area contributed by atoms with Crippen LogP contribution in [0.25, 0.3) is 0 Å². The van der Waals surface area contributed by atoms with Crippen LogP contribution in [-0.4, -0.2) is 32.5 Å². The summed E-state index contributed by atoms with van der Waals surface area (Å²) in [6, 6.07) is 15.4. The first-order chi connectivity index (χ1) is 15.4. The number of esters is 1. The first-order valence-electron chi connectivity index (χ1n) is 9.58. The fraction of sp³-hybridized carbons (Fsp3) is 0.136. The van der Waals surface area contributed by atoms with E-state index in [1.54, 1.807) is 48.8 Å². The van der Waals surface area contributed by atoms with Crippen molar-refractivity contribution in [2.75, 3.05) is 12.4 Å². The van der Waals surface area contributed by atoms with Gasteiger partial charge in [-0.25, -0.2) is 22.7 Å². The fourth-order valence-corrected chi connectivity index (χ4v) is 3.73. The third-order valence-corrected chi connectivity index (χ3v) is 5.88. The molecule has 10 heteroatoms. The first-order valence-corrected chi connectivity index (χ1v) is 11.1. The number of rotatable bonds is 8. The summed E-state index contributed by atoms with van der Waals surface area (Å²) in [6.07, 6.45) is 3.28. The average Bonchev–Trinajstić information content (AvgIpc) is 2.82. The maximum absolute atomic E-state index is 12.5. The van der Waals surface area contributed by atoms with Crippen LogP contribution in [0.4, 0.5) is 10.5 Å². The molecule has 3 N–H and O–H groups in total. The molecule has 0 aliphatic rings. The predicted octanol–water partition coefficient (Wildman–Crippen LogP) is 2.67. The van der Waals surface area contributed by atoms with E-state index in [1.807, 2.05) is 0 Å². The number of ether oxygens (including phenoxy) is 1. The highest BCUT2D eigenvalue weighted by Crippen LogP contribution is 2.15. The zero-order chi connectivity index (χ0) is 23.0. The molecule has 0 fully saturated rings. The van der Waals surface area contributed by atoms with Crippen LogP contribution in [0.3, 0.4) is 0 Å². The summed E-state index contributed by atoms with van der Waals surface area (Å²) in [6.45, 7) is 0.395. The number of nitrogens with zero attached hydrogens (tertiary/aromatic N) is 1. The van der Waals surface area contributed by atoms with Crippen LogP contribution in [0.15, 0.2) is 78.0 Å². The Morgan fingerprint density at radius 1 is 0.875 bits per heavy atom. The Hall–Kier alpha value is -3.76. The van der Waals surface area contributed by atoms with Gasteiger partial charge in [0, 0.05) is 31.2 Å². The van der Waals surface area contributed by atoms with Gasteiger partial charge in [-0.3, -0.25) is 4.98 Å². The van der Waals surface area contributed by atoms with Crippen LogP contribution in [0, 0.1) is 0 Å².